The fraction of sp³-hybridized carbons (Fsp3) is 0.167. The van der Waals surface area contributed by atoms with Crippen molar-refractivity contribution in [2.75, 3.05) is 5.32 Å². The lowest BCUT2D eigenvalue weighted by molar-refractivity contribution is 0.0430. The topological polar surface area (TPSA) is 88.3 Å². The van der Waals surface area contributed by atoms with Crippen LogP contribution in [-0.4, -0.2) is 15.9 Å². The van der Waals surface area contributed by atoms with Crippen molar-refractivity contribution in [3.05, 3.63) is 47.9 Å². The Morgan fingerprint density at radius 2 is 2.11 bits per heavy atom. The minimum Gasteiger partial charge on any atom is -0.370 e. The molecule has 1 aromatic carbocycles. The summed E-state index contributed by atoms with van der Waals surface area (Å²) in [6, 6.07) is 9.92. The van der Waals surface area contributed by atoms with E-state index in [0.717, 1.165) is 11.3 Å². The maximum absolute atomic E-state index is 5.75. The summed E-state index contributed by atoms with van der Waals surface area (Å²) in [6.45, 7) is 0.473. The molecule has 0 aliphatic carbocycles. The zero-order valence-corrected chi connectivity index (χ0v) is 9.63. The van der Waals surface area contributed by atoms with Crippen molar-refractivity contribution in [2.45, 2.75) is 12.8 Å². The van der Waals surface area contributed by atoms with Crippen LogP contribution in [0.3, 0.4) is 0 Å². The number of aromatic amines is 1. The van der Waals surface area contributed by atoms with E-state index in [4.69, 9.17) is 10.5 Å². The van der Waals surface area contributed by atoms with Crippen LogP contribution in [-0.2, 0) is 11.3 Å². The van der Waals surface area contributed by atoms with Crippen LogP contribution >= 0.6 is 0 Å². The molecule has 1 aliphatic heterocycles. The third-order valence-corrected chi connectivity index (χ3v) is 2.67. The predicted octanol–water partition coefficient (Wildman–Crippen LogP) is 1.37. The summed E-state index contributed by atoms with van der Waals surface area (Å²) in [4.78, 5) is 11.3. The number of hydrogen-bond acceptors (Lipinski definition) is 5. The van der Waals surface area contributed by atoms with Gasteiger partial charge in [-0.1, -0.05) is 30.3 Å². The Morgan fingerprint density at radius 3 is 2.94 bits per heavy atom. The Balaban J connectivity index is 1.75. The second-order valence-electron chi connectivity index (χ2n) is 3.95. The number of H-pyrrole nitrogens is 1. The number of anilines is 1. The summed E-state index contributed by atoms with van der Waals surface area (Å²) in [5.74, 6) is 0.980. The quantitative estimate of drug-likeness (QED) is 0.759. The van der Waals surface area contributed by atoms with Crippen LogP contribution in [0.15, 0.2) is 41.7 Å². The number of aliphatic imine (C=N–C) groups is 1. The zero-order chi connectivity index (χ0) is 12.4. The van der Waals surface area contributed by atoms with Crippen molar-refractivity contribution in [3.63, 3.8) is 0 Å². The minimum absolute atomic E-state index is 0.313. The first-order chi connectivity index (χ1) is 8.83. The monoisotopic (exact) mass is 243 g/mol. The number of benzene rings is 1. The van der Waals surface area contributed by atoms with Gasteiger partial charge in [-0.15, -0.1) is 0 Å². The first-order valence-electron chi connectivity index (χ1n) is 5.62. The summed E-state index contributed by atoms with van der Waals surface area (Å²) in [7, 11) is 0. The molecule has 0 radical (unpaired) electrons. The summed E-state index contributed by atoms with van der Waals surface area (Å²) in [5, 5.41) is 2.87. The van der Waals surface area contributed by atoms with Crippen LogP contribution in [0.4, 0.5) is 5.82 Å². The molecule has 0 saturated heterocycles. The van der Waals surface area contributed by atoms with Crippen LogP contribution in [0.2, 0.25) is 0 Å². The molecular formula is C12H13N5O. The molecule has 0 spiro atoms. The molecule has 1 aromatic heterocycles. The van der Waals surface area contributed by atoms with Gasteiger partial charge in [-0.2, -0.15) is 0 Å². The fourth-order valence-electron chi connectivity index (χ4n) is 1.81. The van der Waals surface area contributed by atoms with Crippen LogP contribution in [0.1, 0.15) is 17.5 Å². The molecule has 6 heteroatoms. The van der Waals surface area contributed by atoms with E-state index in [0.29, 0.717) is 18.4 Å². The van der Waals surface area contributed by atoms with E-state index >= 15 is 0 Å². The Bertz CT molecular complexity index is 563. The van der Waals surface area contributed by atoms with Gasteiger partial charge in [-0.3, -0.25) is 0 Å². The number of fused-ring (bicyclic) bond motifs is 1. The lowest BCUT2D eigenvalue weighted by Gasteiger charge is -2.19. The number of hydrogen-bond donors (Lipinski definition) is 3. The lowest BCUT2D eigenvalue weighted by Crippen LogP contribution is -2.28. The third kappa shape index (κ3) is 2.05. The molecule has 3 rings (SSSR count). The summed E-state index contributed by atoms with van der Waals surface area (Å²) in [5.41, 5.74) is 7.55. The number of nitrogens with zero attached hydrogens (tertiary/aromatic N) is 2. The smallest absolute Gasteiger partial charge is 0.197 e. The van der Waals surface area contributed by atoms with Gasteiger partial charge in [-0.25, -0.2) is 9.98 Å². The van der Waals surface area contributed by atoms with Gasteiger partial charge in [0.15, 0.2) is 18.0 Å². The van der Waals surface area contributed by atoms with Crippen LogP contribution in [0.5, 0.6) is 0 Å². The molecule has 2 aromatic rings. The molecule has 0 fully saturated rings. The van der Waals surface area contributed by atoms with Crippen LogP contribution < -0.4 is 11.1 Å². The van der Waals surface area contributed by atoms with Crippen molar-refractivity contribution in [1.82, 2.24) is 9.97 Å². The SMILES string of the molecule is NC1=NC(OCc2ccccc2)c2[nH]cnc2N1. The normalized spacial score (nSPS) is 17.8. The number of nitrogens with two attached hydrogens (primary N) is 1. The van der Waals surface area contributed by atoms with Gasteiger partial charge in [0.05, 0.1) is 12.9 Å². The van der Waals surface area contributed by atoms with E-state index in [1.165, 1.54) is 0 Å². The standard InChI is InChI=1S/C12H13N5O/c13-12-16-10-9(14-7-15-10)11(17-12)18-6-8-4-2-1-3-5-8/h1-5,7,11H,6H2,(H,14,15)(H3,13,16,17). The van der Waals surface area contributed by atoms with Gasteiger partial charge in [0.2, 0.25) is 0 Å². The Morgan fingerprint density at radius 1 is 1.28 bits per heavy atom. The molecule has 1 unspecified atom stereocenters. The summed E-state index contributed by atoms with van der Waals surface area (Å²) in [6.07, 6.45) is 1.15. The van der Waals surface area contributed by atoms with E-state index in [1.807, 2.05) is 30.3 Å². The van der Waals surface area contributed by atoms with Crippen LogP contribution in [0, 0.1) is 0 Å². The first-order valence-corrected chi connectivity index (χ1v) is 5.62. The second-order valence-corrected chi connectivity index (χ2v) is 3.95. The Hall–Kier alpha value is -2.34. The predicted molar refractivity (Wildman–Crippen MR) is 67.8 cm³/mol. The number of guanidine groups is 1. The Labute approximate surface area is 104 Å². The highest BCUT2D eigenvalue weighted by atomic mass is 16.5. The maximum atomic E-state index is 5.75. The molecule has 0 amide bonds. The maximum Gasteiger partial charge on any atom is 0.197 e. The third-order valence-electron chi connectivity index (χ3n) is 2.67. The average Bonchev–Trinajstić information content (AvgIpc) is 2.85. The second kappa shape index (κ2) is 4.50. The molecule has 6 nitrogen and oxygen atoms in total. The molecule has 2 heterocycles. The van der Waals surface area contributed by atoms with Gasteiger partial charge in [0.25, 0.3) is 0 Å². The molecule has 0 bridgehead atoms. The molecular weight excluding hydrogens is 230 g/mol. The zero-order valence-electron chi connectivity index (χ0n) is 9.63. The van der Waals surface area contributed by atoms with E-state index in [2.05, 4.69) is 20.3 Å². The Kier molecular flexibility index (Phi) is 2.70. The van der Waals surface area contributed by atoms with Gasteiger partial charge >= 0.3 is 0 Å². The molecule has 1 aliphatic rings. The van der Waals surface area contributed by atoms with Gasteiger partial charge in [0, 0.05) is 0 Å². The van der Waals surface area contributed by atoms with Gasteiger partial charge < -0.3 is 20.8 Å². The minimum atomic E-state index is -0.441. The van der Waals surface area contributed by atoms with E-state index in [9.17, 15) is 0 Å². The fourth-order valence-corrected chi connectivity index (χ4v) is 1.81. The van der Waals surface area contributed by atoms with Crippen molar-refractivity contribution in [2.24, 2.45) is 10.7 Å². The highest BCUT2D eigenvalue weighted by Gasteiger charge is 2.23. The lowest BCUT2D eigenvalue weighted by atomic mass is 10.2. The first kappa shape index (κ1) is 10.8. The van der Waals surface area contributed by atoms with Crippen molar-refractivity contribution < 1.29 is 4.74 Å². The molecule has 0 saturated carbocycles. The molecule has 92 valence electrons. The number of imidazole rings is 1. The van der Waals surface area contributed by atoms with Crippen LogP contribution in [0.25, 0.3) is 0 Å². The summed E-state index contributed by atoms with van der Waals surface area (Å²) >= 11 is 0. The number of aromatic nitrogens is 2. The highest BCUT2D eigenvalue weighted by molar-refractivity contribution is 5.93. The van der Waals surface area contributed by atoms with Crippen molar-refractivity contribution >= 4 is 11.8 Å². The van der Waals surface area contributed by atoms with E-state index in [-0.39, 0.29) is 0 Å². The molecule has 4 N–H and O–H groups in total. The van der Waals surface area contributed by atoms with Gasteiger partial charge in [-0.05, 0) is 5.56 Å². The molecule has 1 atom stereocenters. The van der Waals surface area contributed by atoms with E-state index < -0.39 is 6.23 Å². The van der Waals surface area contributed by atoms with Gasteiger partial charge in [0.1, 0.15) is 5.69 Å². The number of rotatable bonds is 3. The number of nitrogens with one attached hydrogen (secondary N) is 2. The van der Waals surface area contributed by atoms with Crippen molar-refractivity contribution in [3.8, 4) is 0 Å². The largest absolute Gasteiger partial charge is 0.370 e. The molecule has 18 heavy (non-hydrogen) atoms. The summed E-state index contributed by atoms with van der Waals surface area (Å²) < 4.78 is 5.75. The van der Waals surface area contributed by atoms with Crippen molar-refractivity contribution in [1.29, 1.82) is 0 Å². The average molecular weight is 243 g/mol. The number of ether oxygens (including phenoxy) is 1. The van der Waals surface area contributed by atoms with E-state index in [1.54, 1.807) is 6.33 Å². The highest BCUT2D eigenvalue weighted by Crippen LogP contribution is 2.27.